The highest BCUT2D eigenvalue weighted by molar-refractivity contribution is 6.30. The summed E-state index contributed by atoms with van der Waals surface area (Å²) in [5.41, 5.74) is 8.52. The summed E-state index contributed by atoms with van der Waals surface area (Å²) in [7, 11) is 0. The predicted octanol–water partition coefficient (Wildman–Crippen LogP) is 3.85. The van der Waals surface area contributed by atoms with Crippen molar-refractivity contribution in [1.29, 1.82) is 0 Å². The molecular weight excluding hydrogens is 244 g/mol. The molecular formula is C15H19ClN2. The number of rotatable bonds is 4. The maximum Gasteiger partial charge on any atom is 0.0470 e. The van der Waals surface area contributed by atoms with Gasteiger partial charge in [0.2, 0.25) is 0 Å². The highest BCUT2D eigenvalue weighted by Gasteiger charge is 2.11. The van der Waals surface area contributed by atoms with Crippen molar-refractivity contribution in [3.05, 3.63) is 58.9 Å². The number of aromatic nitrogens is 1. The summed E-state index contributed by atoms with van der Waals surface area (Å²) in [4.78, 5) is 0. The number of benzene rings is 1. The van der Waals surface area contributed by atoms with E-state index in [9.17, 15) is 0 Å². The van der Waals surface area contributed by atoms with Crippen molar-refractivity contribution in [2.45, 2.75) is 26.4 Å². The Bertz CT molecular complexity index is 517. The van der Waals surface area contributed by atoms with E-state index in [1.807, 2.05) is 18.2 Å². The zero-order valence-corrected chi connectivity index (χ0v) is 11.6. The third-order valence-corrected chi connectivity index (χ3v) is 3.37. The van der Waals surface area contributed by atoms with Crippen molar-refractivity contribution in [3.8, 4) is 0 Å². The maximum absolute atomic E-state index is 6.13. The Morgan fingerprint density at radius 3 is 2.72 bits per heavy atom. The van der Waals surface area contributed by atoms with E-state index in [0.29, 0.717) is 5.92 Å². The number of nitrogens with two attached hydrogens (primary N) is 1. The minimum atomic E-state index is 0.102. The lowest BCUT2D eigenvalue weighted by molar-refractivity contribution is 0.513. The first kappa shape index (κ1) is 13.2. The smallest absolute Gasteiger partial charge is 0.0470 e. The Morgan fingerprint density at radius 2 is 2.06 bits per heavy atom. The van der Waals surface area contributed by atoms with Crippen LogP contribution in [-0.4, -0.2) is 4.57 Å². The van der Waals surface area contributed by atoms with Gasteiger partial charge in [-0.2, -0.15) is 0 Å². The molecule has 1 aromatic carbocycles. The first-order valence-corrected chi connectivity index (χ1v) is 6.60. The number of hydrogen-bond acceptors (Lipinski definition) is 1. The molecule has 1 atom stereocenters. The summed E-state index contributed by atoms with van der Waals surface area (Å²) in [6.07, 6.45) is 4.18. The molecule has 2 N–H and O–H groups in total. The van der Waals surface area contributed by atoms with Crippen LogP contribution in [0.25, 0.3) is 0 Å². The van der Waals surface area contributed by atoms with Gasteiger partial charge in [-0.15, -0.1) is 0 Å². The van der Waals surface area contributed by atoms with Gasteiger partial charge in [-0.25, -0.2) is 0 Å². The van der Waals surface area contributed by atoms with Crippen LogP contribution in [0.4, 0.5) is 0 Å². The van der Waals surface area contributed by atoms with Crippen LogP contribution < -0.4 is 5.73 Å². The summed E-state index contributed by atoms with van der Waals surface area (Å²) in [5, 5.41) is 0.777. The average molecular weight is 263 g/mol. The lowest BCUT2D eigenvalue weighted by Gasteiger charge is -2.13. The van der Waals surface area contributed by atoms with E-state index in [1.54, 1.807) is 0 Å². The molecule has 1 heterocycles. The lowest BCUT2D eigenvalue weighted by Crippen LogP contribution is -2.15. The number of hydrogen-bond donors (Lipinski definition) is 1. The largest absolute Gasteiger partial charge is 0.350 e. The fourth-order valence-electron chi connectivity index (χ4n) is 1.99. The van der Waals surface area contributed by atoms with Gasteiger partial charge < -0.3 is 10.3 Å². The van der Waals surface area contributed by atoms with E-state index in [1.165, 1.54) is 11.1 Å². The maximum atomic E-state index is 6.13. The third kappa shape index (κ3) is 3.15. The number of halogens is 1. The van der Waals surface area contributed by atoms with E-state index >= 15 is 0 Å². The lowest BCUT2D eigenvalue weighted by atomic mass is 10.00. The Labute approximate surface area is 113 Å². The summed E-state index contributed by atoms with van der Waals surface area (Å²) in [6, 6.07) is 10.1. The fourth-order valence-corrected chi connectivity index (χ4v) is 2.20. The molecule has 1 unspecified atom stereocenters. The Kier molecular flexibility index (Phi) is 4.10. The SMILES string of the molecule is CC(C)C(N)c1ccn(Cc2cccc(Cl)c2)c1. The van der Waals surface area contributed by atoms with E-state index in [4.69, 9.17) is 17.3 Å². The van der Waals surface area contributed by atoms with Crippen LogP contribution in [0.2, 0.25) is 5.02 Å². The molecule has 0 bridgehead atoms. The van der Waals surface area contributed by atoms with Gasteiger partial charge in [-0.1, -0.05) is 37.6 Å². The summed E-state index contributed by atoms with van der Waals surface area (Å²) >= 11 is 5.98. The zero-order valence-electron chi connectivity index (χ0n) is 10.8. The molecule has 0 saturated heterocycles. The van der Waals surface area contributed by atoms with Gasteiger partial charge in [-0.3, -0.25) is 0 Å². The molecule has 0 fully saturated rings. The van der Waals surface area contributed by atoms with Crippen LogP contribution in [0, 0.1) is 5.92 Å². The zero-order chi connectivity index (χ0) is 13.1. The van der Waals surface area contributed by atoms with Gasteiger partial charge in [0.1, 0.15) is 0 Å². The monoisotopic (exact) mass is 262 g/mol. The summed E-state index contributed by atoms with van der Waals surface area (Å²) in [5.74, 6) is 0.451. The Balaban J connectivity index is 2.11. The summed E-state index contributed by atoms with van der Waals surface area (Å²) in [6.45, 7) is 5.10. The average Bonchev–Trinajstić information content (AvgIpc) is 2.76. The molecule has 0 saturated carbocycles. The molecule has 0 aliphatic heterocycles. The van der Waals surface area contributed by atoms with Gasteiger partial charge in [0.05, 0.1) is 0 Å². The molecule has 18 heavy (non-hydrogen) atoms. The van der Waals surface area contributed by atoms with E-state index in [2.05, 4.69) is 42.9 Å². The number of nitrogens with zero attached hydrogens (tertiary/aromatic N) is 1. The second kappa shape index (κ2) is 5.59. The molecule has 1 aromatic heterocycles. The van der Waals surface area contributed by atoms with Crippen molar-refractivity contribution in [2.75, 3.05) is 0 Å². The minimum absolute atomic E-state index is 0.102. The highest BCUT2D eigenvalue weighted by atomic mass is 35.5. The molecule has 0 aliphatic carbocycles. The van der Waals surface area contributed by atoms with Crippen LogP contribution in [-0.2, 0) is 6.54 Å². The molecule has 96 valence electrons. The predicted molar refractivity (Wildman–Crippen MR) is 76.8 cm³/mol. The third-order valence-electron chi connectivity index (χ3n) is 3.13. The van der Waals surface area contributed by atoms with Crippen molar-refractivity contribution in [2.24, 2.45) is 11.7 Å². The van der Waals surface area contributed by atoms with Gasteiger partial charge in [-0.05, 0) is 35.2 Å². The Hall–Kier alpha value is -1.25. The van der Waals surface area contributed by atoms with Gasteiger partial charge in [0, 0.05) is 30.0 Å². The quantitative estimate of drug-likeness (QED) is 0.892. The van der Waals surface area contributed by atoms with Crippen LogP contribution in [0.1, 0.15) is 31.0 Å². The van der Waals surface area contributed by atoms with Gasteiger partial charge in [0.25, 0.3) is 0 Å². The first-order valence-electron chi connectivity index (χ1n) is 6.22. The molecule has 2 rings (SSSR count). The molecule has 3 heteroatoms. The first-order chi connectivity index (χ1) is 8.56. The second-order valence-electron chi connectivity index (χ2n) is 5.02. The van der Waals surface area contributed by atoms with Crippen LogP contribution in [0.15, 0.2) is 42.7 Å². The van der Waals surface area contributed by atoms with Crippen molar-refractivity contribution in [1.82, 2.24) is 4.57 Å². The normalized spacial score (nSPS) is 12.9. The molecule has 0 spiro atoms. The minimum Gasteiger partial charge on any atom is -0.350 e. The standard InChI is InChI=1S/C15H19ClN2/c1-11(2)15(17)13-6-7-18(10-13)9-12-4-3-5-14(16)8-12/h3-8,10-11,15H,9,17H2,1-2H3. The van der Waals surface area contributed by atoms with Crippen LogP contribution in [0.5, 0.6) is 0 Å². The molecule has 0 radical (unpaired) electrons. The molecule has 2 aromatic rings. The topological polar surface area (TPSA) is 30.9 Å². The van der Waals surface area contributed by atoms with Crippen molar-refractivity contribution < 1.29 is 0 Å². The van der Waals surface area contributed by atoms with E-state index < -0.39 is 0 Å². The highest BCUT2D eigenvalue weighted by Crippen LogP contribution is 2.20. The fraction of sp³-hybridized carbons (Fsp3) is 0.333. The van der Waals surface area contributed by atoms with Gasteiger partial charge >= 0.3 is 0 Å². The molecule has 2 nitrogen and oxygen atoms in total. The van der Waals surface area contributed by atoms with E-state index in [0.717, 1.165) is 11.6 Å². The van der Waals surface area contributed by atoms with E-state index in [-0.39, 0.29) is 6.04 Å². The Morgan fingerprint density at radius 1 is 1.28 bits per heavy atom. The van der Waals surface area contributed by atoms with Crippen molar-refractivity contribution >= 4 is 11.6 Å². The molecule has 0 aliphatic rings. The summed E-state index contributed by atoms with van der Waals surface area (Å²) < 4.78 is 2.14. The second-order valence-corrected chi connectivity index (χ2v) is 5.45. The van der Waals surface area contributed by atoms with Gasteiger partial charge in [0.15, 0.2) is 0 Å². The molecule has 0 amide bonds. The van der Waals surface area contributed by atoms with Crippen LogP contribution >= 0.6 is 11.6 Å². The van der Waals surface area contributed by atoms with Crippen molar-refractivity contribution in [3.63, 3.8) is 0 Å². The van der Waals surface area contributed by atoms with Crippen LogP contribution in [0.3, 0.4) is 0 Å².